The smallest absolute Gasteiger partial charge is 0.270 e. The highest BCUT2D eigenvalue weighted by Crippen LogP contribution is 2.38. The number of fused-ring (bicyclic) bond motifs is 1. The van der Waals surface area contributed by atoms with Crippen LogP contribution in [0.3, 0.4) is 0 Å². The number of hydrogen-bond donors (Lipinski definition) is 0. The molecule has 1 aliphatic heterocycles. The second kappa shape index (κ2) is 8.58. The third-order valence-corrected chi connectivity index (χ3v) is 7.08. The van der Waals surface area contributed by atoms with Gasteiger partial charge in [-0.25, -0.2) is 0 Å². The number of hydrogen-bond acceptors (Lipinski definition) is 3. The summed E-state index contributed by atoms with van der Waals surface area (Å²) < 4.78 is 2.76. The minimum Gasteiger partial charge on any atom is -0.342 e. The Balaban J connectivity index is 1.53. The summed E-state index contributed by atoms with van der Waals surface area (Å²) >= 11 is 12.9. The monoisotopic (exact) mass is 474 g/mol. The Labute approximate surface area is 201 Å². The number of carbonyl (C=O) groups is 1. The predicted octanol–water partition coefficient (Wildman–Crippen LogP) is 7.06. The minimum atomic E-state index is -0.0798. The Morgan fingerprint density at radius 2 is 1.72 bits per heavy atom. The van der Waals surface area contributed by atoms with Gasteiger partial charge in [-0.1, -0.05) is 84.1 Å². The second-order valence-electron chi connectivity index (χ2n) is 7.66. The first kappa shape index (κ1) is 21.0. The fourth-order valence-corrected chi connectivity index (χ4v) is 5.34. The van der Waals surface area contributed by atoms with E-state index in [0.717, 1.165) is 44.8 Å². The molecule has 0 spiro atoms. The fourth-order valence-electron chi connectivity index (χ4n) is 3.94. The van der Waals surface area contributed by atoms with Crippen molar-refractivity contribution in [3.8, 4) is 0 Å². The van der Waals surface area contributed by atoms with Crippen LogP contribution in [0, 0.1) is 6.92 Å². The van der Waals surface area contributed by atoms with Gasteiger partial charge in [0, 0.05) is 34.2 Å². The maximum absolute atomic E-state index is 13.3. The van der Waals surface area contributed by atoms with Crippen LogP contribution in [0.2, 0.25) is 5.02 Å². The molecule has 0 bridgehead atoms. The van der Waals surface area contributed by atoms with Crippen molar-refractivity contribution < 1.29 is 4.79 Å². The van der Waals surface area contributed by atoms with E-state index in [1.807, 2.05) is 73.7 Å². The van der Waals surface area contributed by atoms with Gasteiger partial charge in [0.2, 0.25) is 0 Å². The number of aryl methyl sites for hydroxylation is 1. The molecule has 158 valence electrons. The first-order valence-corrected chi connectivity index (χ1v) is 11.8. The highest BCUT2D eigenvalue weighted by atomic mass is 35.5. The molecule has 1 amide bonds. The molecule has 0 N–H and O–H groups in total. The van der Waals surface area contributed by atoms with Gasteiger partial charge >= 0.3 is 0 Å². The summed E-state index contributed by atoms with van der Waals surface area (Å²) in [4.78, 5) is 15.5. The molecule has 1 saturated heterocycles. The van der Waals surface area contributed by atoms with Crippen molar-refractivity contribution in [2.45, 2.75) is 13.5 Å². The van der Waals surface area contributed by atoms with Crippen molar-refractivity contribution in [1.29, 1.82) is 0 Å². The first-order chi connectivity index (χ1) is 15.5. The molecule has 5 rings (SSSR count). The van der Waals surface area contributed by atoms with Gasteiger partial charge in [0.15, 0.2) is 4.32 Å². The molecule has 0 aliphatic carbocycles. The van der Waals surface area contributed by atoms with E-state index < -0.39 is 0 Å². The van der Waals surface area contributed by atoms with Crippen molar-refractivity contribution >= 4 is 68.5 Å². The molecule has 0 saturated carbocycles. The van der Waals surface area contributed by atoms with Gasteiger partial charge in [-0.05, 0) is 48.4 Å². The lowest BCUT2D eigenvalue weighted by atomic mass is 10.1. The Hall–Kier alpha value is -2.86. The van der Waals surface area contributed by atoms with Crippen LogP contribution in [-0.4, -0.2) is 14.8 Å². The molecule has 6 heteroatoms. The molecule has 3 aromatic carbocycles. The zero-order chi connectivity index (χ0) is 22.2. The average Bonchev–Trinajstić information content (AvgIpc) is 3.27. The van der Waals surface area contributed by atoms with E-state index in [0.29, 0.717) is 9.23 Å². The largest absolute Gasteiger partial charge is 0.342 e. The summed E-state index contributed by atoms with van der Waals surface area (Å²) in [5.74, 6) is -0.0798. The average molecular weight is 475 g/mol. The Morgan fingerprint density at radius 3 is 2.50 bits per heavy atom. The summed E-state index contributed by atoms with van der Waals surface area (Å²) in [6, 6.07) is 23.9. The lowest BCUT2D eigenvalue weighted by Crippen LogP contribution is -2.28. The lowest BCUT2D eigenvalue weighted by Gasteiger charge is -2.16. The van der Waals surface area contributed by atoms with Gasteiger partial charge in [0.05, 0.1) is 10.6 Å². The maximum Gasteiger partial charge on any atom is 0.270 e. The highest BCUT2D eigenvalue weighted by molar-refractivity contribution is 8.27. The number of aromatic nitrogens is 1. The molecular weight excluding hydrogens is 456 g/mol. The molecule has 0 atom stereocenters. The van der Waals surface area contributed by atoms with Crippen molar-refractivity contribution in [1.82, 2.24) is 4.57 Å². The quantitative estimate of drug-likeness (QED) is 0.234. The number of rotatable bonds is 4. The van der Waals surface area contributed by atoms with E-state index in [2.05, 4.69) is 22.9 Å². The summed E-state index contributed by atoms with van der Waals surface area (Å²) in [6.07, 6.45) is 4.05. The maximum atomic E-state index is 13.3. The molecule has 32 heavy (non-hydrogen) atoms. The summed E-state index contributed by atoms with van der Waals surface area (Å²) in [7, 11) is 0. The zero-order valence-corrected chi connectivity index (χ0v) is 19.7. The summed E-state index contributed by atoms with van der Waals surface area (Å²) in [5, 5.41) is 1.82. The zero-order valence-electron chi connectivity index (χ0n) is 17.3. The number of amides is 1. The fraction of sp³-hybridized carbons (Fsp3) is 0.0769. The minimum absolute atomic E-state index is 0.0798. The van der Waals surface area contributed by atoms with Crippen LogP contribution in [-0.2, 0) is 11.3 Å². The molecule has 2 heterocycles. The normalized spacial score (nSPS) is 15.3. The number of nitrogens with zero attached hydrogens (tertiary/aromatic N) is 2. The van der Waals surface area contributed by atoms with Crippen molar-refractivity contribution in [3.63, 3.8) is 0 Å². The predicted molar refractivity (Wildman–Crippen MR) is 139 cm³/mol. The third kappa shape index (κ3) is 3.88. The Morgan fingerprint density at radius 1 is 1.00 bits per heavy atom. The standard InChI is InChI=1S/C26H19ClN2OS2/c1-17-6-2-4-8-22(17)29-25(30)24(32-26(29)31)14-19-16-28(23-9-5-3-7-21(19)23)15-18-10-12-20(27)13-11-18/h2-14,16H,15H2,1H3/b24-14-. The van der Waals surface area contributed by atoms with Crippen LogP contribution in [0.1, 0.15) is 16.7 Å². The molecule has 4 aromatic rings. The molecule has 3 nitrogen and oxygen atoms in total. The summed E-state index contributed by atoms with van der Waals surface area (Å²) in [6.45, 7) is 2.71. The number of para-hydroxylation sites is 2. The molecule has 1 aliphatic rings. The van der Waals surface area contributed by atoms with E-state index in [1.54, 1.807) is 4.90 Å². The van der Waals surface area contributed by atoms with E-state index >= 15 is 0 Å². The summed E-state index contributed by atoms with van der Waals surface area (Å²) in [5.41, 5.74) is 5.13. The molecule has 1 aromatic heterocycles. The van der Waals surface area contributed by atoms with Gasteiger partial charge in [0.25, 0.3) is 5.91 Å². The molecule has 0 radical (unpaired) electrons. The highest BCUT2D eigenvalue weighted by Gasteiger charge is 2.34. The lowest BCUT2D eigenvalue weighted by molar-refractivity contribution is -0.113. The second-order valence-corrected chi connectivity index (χ2v) is 9.77. The number of thioether (sulfide) groups is 1. The van der Waals surface area contributed by atoms with Gasteiger partial charge in [-0.2, -0.15) is 0 Å². The van der Waals surface area contributed by atoms with E-state index in [4.69, 9.17) is 23.8 Å². The van der Waals surface area contributed by atoms with Gasteiger partial charge in [0.1, 0.15) is 0 Å². The number of thiocarbonyl (C=S) groups is 1. The number of carbonyl (C=O) groups excluding carboxylic acids is 1. The van der Waals surface area contributed by atoms with Crippen LogP contribution >= 0.6 is 35.6 Å². The third-order valence-electron chi connectivity index (χ3n) is 5.52. The van der Waals surface area contributed by atoms with Crippen LogP contribution in [0.5, 0.6) is 0 Å². The molecule has 0 unspecified atom stereocenters. The van der Waals surface area contributed by atoms with Crippen molar-refractivity contribution in [3.05, 3.63) is 106 Å². The first-order valence-electron chi connectivity index (χ1n) is 10.2. The van der Waals surface area contributed by atoms with Gasteiger partial charge in [-0.3, -0.25) is 9.69 Å². The van der Waals surface area contributed by atoms with Crippen molar-refractivity contribution in [2.24, 2.45) is 0 Å². The van der Waals surface area contributed by atoms with E-state index in [-0.39, 0.29) is 5.91 Å². The van der Waals surface area contributed by atoms with Crippen LogP contribution in [0.15, 0.2) is 83.9 Å². The van der Waals surface area contributed by atoms with Crippen LogP contribution in [0.4, 0.5) is 5.69 Å². The number of benzene rings is 3. The van der Waals surface area contributed by atoms with Gasteiger partial charge < -0.3 is 4.57 Å². The van der Waals surface area contributed by atoms with E-state index in [9.17, 15) is 4.79 Å². The van der Waals surface area contributed by atoms with Gasteiger partial charge in [-0.15, -0.1) is 0 Å². The number of halogens is 1. The topological polar surface area (TPSA) is 25.2 Å². The SMILES string of the molecule is Cc1ccccc1N1C(=O)/C(=C/c2cn(Cc3ccc(Cl)cc3)c3ccccc23)SC1=S. The van der Waals surface area contributed by atoms with Crippen LogP contribution < -0.4 is 4.90 Å². The Kier molecular flexibility index (Phi) is 5.64. The van der Waals surface area contributed by atoms with Crippen LogP contribution in [0.25, 0.3) is 17.0 Å². The Bertz CT molecular complexity index is 1390. The van der Waals surface area contributed by atoms with E-state index in [1.165, 1.54) is 11.8 Å². The molecule has 1 fully saturated rings. The molecular formula is C26H19ClN2OS2. The number of anilines is 1. The van der Waals surface area contributed by atoms with Crippen molar-refractivity contribution in [2.75, 3.05) is 4.90 Å².